The number of aryl methyl sites for hydroxylation is 2. The van der Waals surface area contributed by atoms with Gasteiger partial charge in [-0.1, -0.05) is 36.9 Å². The van der Waals surface area contributed by atoms with Gasteiger partial charge in [0, 0.05) is 24.5 Å². The van der Waals surface area contributed by atoms with E-state index in [2.05, 4.69) is 36.3 Å². The third kappa shape index (κ3) is 4.09. The first-order valence-electron chi connectivity index (χ1n) is 8.87. The summed E-state index contributed by atoms with van der Waals surface area (Å²) in [5, 5.41) is 6.04. The van der Waals surface area contributed by atoms with Crippen molar-refractivity contribution in [1.82, 2.24) is 14.9 Å². The summed E-state index contributed by atoms with van der Waals surface area (Å²) in [4.78, 5) is 30.2. The third-order valence-corrected chi connectivity index (χ3v) is 6.40. The molecule has 5 nitrogen and oxygen atoms in total. The Labute approximate surface area is 166 Å². The molecule has 0 aliphatic carbocycles. The molecule has 3 aromatic rings. The zero-order chi connectivity index (χ0) is 19.6. The van der Waals surface area contributed by atoms with Crippen molar-refractivity contribution in [3.63, 3.8) is 0 Å². The summed E-state index contributed by atoms with van der Waals surface area (Å²) in [5.41, 5.74) is 4.29. The van der Waals surface area contributed by atoms with Gasteiger partial charge in [-0.25, -0.2) is 4.98 Å². The number of nitrogens with one attached hydrogen (secondary N) is 1. The van der Waals surface area contributed by atoms with Gasteiger partial charge < -0.3 is 5.32 Å². The Balaban J connectivity index is 1.96. The number of rotatable bonds is 6. The van der Waals surface area contributed by atoms with Gasteiger partial charge in [0.15, 0.2) is 5.16 Å². The SMILES string of the molecule is CCCNC(=O)CSc1nc2scc(-c3ccc(C)c(C)c3)c2c(=O)n1C. The van der Waals surface area contributed by atoms with Crippen molar-refractivity contribution in [3.05, 3.63) is 45.1 Å². The monoisotopic (exact) mass is 401 g/mol. The van der Waals surface area contributed by atoms with E-state index in [-0.39, 0.29) is 17.2 Å². The second-order valence-corrected chi connectivity index (χ2v) is 8.33. The second-order valence-electron chi connectivity index (χ2n) is 6.53. The van der Waals surface area contributed by atoms with E-state index in [0.29, 0.717) is 21.9 Å². The van der Waals surface area contributed by atoms with Crippen molar-refractivity contribution < 1.29 is 4.79 Å². The lowest BCUT2D eigenvalue weighted by Gasteiger charge is -2.09. The van der Waals surface area contributed by atoms with E-state index in [9.17, 15) is 9.59 Å². The Kier molecular flexibility index (Phi) is 6.01. The molecular weight excluding hydrogens is 378 g/mol. The van der Waals surface area contributed by atoms with Crippen LogP contribution in [0, 0.1) is 13.8 Å². The van der Waals surface area contributed by atoms with Crippen LogP contribution in [0.3, 0.4) is 0 Å². The highest BCUT2D eigenvalue weighted by Crippen LogP contribution is 2.32. The third-order valence-electron chi connectivity index (χ3n) is 4.50. The summed E-state index contributed by atoms with van der Waals surface area (Å²) in [6.45, 7) is 6.82. The number of thioether (sulfide) groups is 1. The summed E-state index contributed by atoms with van der Waals surface area (Å²) in [5.74, 6) is 0.208. The standard InChI is InChI=1S/C20H23N3O2S2/c1-5-8-21-16(24)11-27-20-22-18-17(19(25)23(20)4)15(10-26-18)14-7-6-12(2)13(3)9-14/h6-7,9-10H,5,8,11H2,1-4H3,(H,21,24). The minimum absolute atomic E-state index is 0.0433. The predicted molar refractivity (Wildman–Crippen MR) is 114 cm³/mol. The van der Waals surface area contributed by atoms with E-state index in [4.69, 9.17) is 0 Å². The molecule has 0 radical (unpaired) electrons. The van der Waals surface area contributed by atoms with Gasteiger partial charge >= 0.3 is 0 Å². The van der Waals surface area contributed by atoms with Crippen LogP contribution >= 0.6 is 23.1 Å². The first-order valence-corrected chi connectivity index (χ1v) is 10.7. The molecule has 1 aromatic carbocycles. The molecule has 2 aromatic heterocycles. The zero-order valence-electron chi connectivity index (χ0n) is 16.0. The number of nitrogens with zero attached hydrogens (tertiary/aromatic N) is 2. The Bertz CT molecular complexity index is 1050. The summed E-state index contributed by atoms with van der Waals surface area (Å²) in [6, 6.07) is 6.23. The molecule has 1 N–H and O–H groups in total. The van der Waals surface area contributed by atoms with Gasteiger partial charge in [-0.05, 0) is 37.0 Å². The quantitative estimate of drug-likeness (QED) is 0.503. The number of hydrogen-bond acceptors (Lipinski definition) is 5. The summed E-state index contributed by atoms with van der Waals surface area (Å²) in [7, 11) is 1.71. The second kappa shape index (κ2) is 8.27. The van der Waals surface area contributed by atoms with Crippen LogP contribution in [0.15, 0.2) is 33.5 Å². The first kappa shape index (κ1) is 19.6. The van der Waals surface area contributed by atoms with E-state index in [1.165, 1.54) is 38.8 Å². The fourth-order valence-electron chi connectivity index (χ4n) is 2.75. The largest absolute Gasteiger partial charge is 0.355 e. The number of benzene rings is 1. The highest BCUT2D eigenvalue weighted by Gasteiger charge is 2.16. The van der Waals surface area contributed by atoms with Crippen LogP contribution < -0.4 is 10.9 Å². The fraction of sp³-hybridized carbons (Fsp3) is 0.350. The molecule has 0 unspecified atom stereocenters. The topological polar surface area (TPSA) is 64.0 Å². The average molecular weight is 402 g/mol. The Morgan fingerprint density at radius 1 is 1.30 bits per heavy atom. The van der Waals surface area contributed by atoms with Gasteiger partial charge in [-0.15, -0.1) is 11.3 Å². The number of aromatic nitrogens is 2. The van der Waals surface area contributed by atoms with Crippen LogP contribution in [0.1, 0.15) is 24.5 Å². The molecule has 27 heavy (non-hydrogen) atoms. The molecule has 142 valence electrons. The fourth-order valence-corrected chi connectivity index (χ4v) is 4.54. The smallest absolute Gasteiger partial charge is 0.263 e. The van der Waals surface area contributed by atoms with Crippen LogP contribution in [-0.2, 0) is 11.8 Å². The van der Waals surface area contributed by atoms with Crippen LogP contribution in [0.4, 0.5) is 0 Å². The van der Waals surface area contributed by atoms with Crippen molar-refractivity contribution in [2.24, 2.45) is 7.05 Å². The Morgan fingerprint density at radius 3 is 2.78 bits per heavy atom. The zero-order valence-corrected chi connectivity index (χ0v) is 17.6. The molecular formula is C20H23N3O2S2. The van der Waals surface area contributed by atoms with Gasteiger partial charge in [-0.2, -0.15) is 0 Å². The molecule has 0 saturated heterocycles. The summed E-state index contributed by atoms with van der Waals surface area (Å²) >= 11 is 2.76. The maximum absolute atomic E-state index is 13.0. The molecule has 0 atom stereocenters. The van der Waals surface area contributed by atoms with Crippen LogP contribution in [-0.4, -0.2) is 27.8 Å². The number of amides is 1. The molecule has 3 rings (SSSR count). The number of carbonyl (C=O) groups excluding carboxylic acids is 1. The molecule has 7 heteroatoms. The van der Waals surface area contributed by atoms with Gasteiger partial charge in [-0.3, -0.25) is 14.2 Å². The predicted octanol–water partition coefficient (Wildman–Crippen LogP) is 3.90. The normalized spacial score (nSPS) is 11.1. The number of thiophene rings is 1. The lowest BCUT2D eigenvalue weighted by molar-refractivity contribution is -0.118. The molecule has 0 bridgehead atoms. The van der Waals surface area contributed by atoms with Gasteiger partial charge in [0.25, 0.3) is 5.56 Å². The van der Waals surface area contributed by atoms with Crippen LogP contribution in [0.2, 0.25) is 0 Å². The van der Waals surface area contributed by atoms with E-state index in [1.807, 2.05) is 18.4 Å². The molecule has 2 heterocycles. The highest BCUT2D eigenvalue weighted by molar-refractivity contribution is 7.99. The van der Waals surface area contributed by atoms with Crippen molar-refractivity contribution in [3.8, 4) is 11.1 Å². The van der Waals surface area contributed by atoms with Gasteiger partial charge in [0.1, 0.15) is 4.83 Å². The van der Waals surface area contributed by atoms with Crippen LogP contribution in [0.25, 0.3) is 21.3 Å². The number of hydrogen-bond donors (Lipinski definition) is 1. The minimum Gasteiger partial charge on any atom is -0.355 e. The number of carbonyl (C=O) groups is 1. The van der Waals surface area contributed by atoms with Crippen molar-refractivity contribution in [2.75, 3.05) is 12.3 Å². The van der Waals surface area contributed by atoms with E-state index in [0.717, 1.165) is 17.5 Å². The highest BCUT2D eigenvalue weighted by atomic mass is 32.2. The Morgan fingerprint density at radius 2 is 2.07 bits per heavy atom. The molecule has 1 amide bonds. The lowest BCUT2D eigenvalue weighted by Crippen LogP contribution is -2.26. The van der Waals surface area contributed by atoms with E-state index < -0.39 is 0 Å². The number of fused-ring (bicyclic) bond motifs is 1. The molecule has 0 fully saturated rings. The molecule has 0 aliphatic rings. The van der Waals surface area contributed by atoms with Crippen molar-refractivity contribution >= 4 is 39.2 Å². The average Bonchev–Trinajstić information content (AvgIpc) is 3.08. The molecule has 0 aliphatic heterocycles. The van der Waals surface area contributed by atoms with E-state index in [1.54, 1.807) is 7.05 Å². The first-order chi connectivity index (χ1) is 12.9. The maximum atomic E-state index is 13.0. The summed E-state index contributed by atoms with van der Waals surface area (Å²) < 4.78 is 1.54. The lowest BCUT2D eigenvalue weighted by atomic mass is 10.0. The van der Waals surface area contributed by atoms with Gasteiger partial charge in [0.2, 0.25) is 5.91 Å². The summed E-state index contributed by atoms with van der Waals surface area (Å²) in [6.07, 6.45) is 0.898. The van der Waals surface area contributed by atoms with Crippen LogP contribution in [0.5, 0.6) is 0 Å². The van der Waals surface area contributed by atoms with Gasteiger partial charge in [0.05, 0.1) is 11.1 Å². The van der Waals surface area contributed by atoms with Crippen molar-refractivity contribution in [1.29, 1.82) is 0 Å². The maximum Gasteiger partial charge on any atom is 0.263 e. The van der Waals surface area contributed by atoms with E-state index >= 15 is 0 Å². The van der Waals surface area contributed by atoms with Crippen molar-refractivity contribution in [2.45, 2.75) is 32.3 Å². The molecule has 0 spiro atoms. The molecule has 0 saturated carbocycles. The Hall–Kier alpha value is -2.12. The minimum atomic E-state index is -0.0778.